The van der Waals surface area contributed by atoms with Crippen LogP contribution in [0.15, 0.2) is 12.2 Å². The molecule has 0 aliphatic carbocycles. The Morgan fingerprint density at radius 2 is 1.77 bits per heavy atom. The zero-order valence-corrected chi connectivity index (χ0v) is 8.59. The zero-order valence-electron chi connectivity index (χ0n) is 8.59. The molecule has 0 unspecified atom stereocenters. The van der Waals surface area contributed by atoms with Gasteiger partial charge in [-0.25, -0.2) is 4.79 Å². The molecule has 0 aliphatic rings. The van der Waals surface area contributed by atoms with E-state index in [2.05, 4.69) is 4.74 Å². The molecule has 0 aromatic rings. The molecular weight excluding hydrogens is 168 g/mol. The standard InChI is InChI=1S/C10H16O3/c1-5-13-9(12)7-6-8(11)10(2,3)4/h6-7H,5H2,1-4H3/b7-6+. The van der Waals surface area contributed by atoms with E-state index in [0.717, 1.165) is 6.08 Å². The van der Waals surface area contributed by atoms with Gasteiger partial charge in [0.2, 0.25) is 0 Å². The second-order valence-electron chi connectivity index (χ2n) is 3.70. The SMILES string of the molecule is CCOC(=O)/C=C/C(=O)C(C)(C)C. The zero-order chi connectivity index (χ0) is 10.5. The minimum Gasteiger partial charge on any atom is -0.463 e. The summed E-state index contributed by atoms with van der Waals surface area (Å²) in [6.45, 7) is 7.44. The van der Waals surface area contributed by atoms with Crippen molar-refractivity contribution in [2.45, 2.75) is 27.7 Å². The van der Waals surface area contributed by atoms with Crippen molar-refractivity contribution < 1.29 is 14.3 Å². The van der Waals surface area contributed by atoms with Crippen LogP contribution in [0.5, 0.6) is 0 Å². The average molecular weight is 184 g/mol. The number of hydrogen-bond donors (Lipinski definition) is 0. The second-order valence-corrected chi connectivity index (χ2v) is 3.70. The first kappa shape index (κ1) is 11.9. The van der Waals surface area contributed by atoms with Gasteiger partial charge in [-0.15, -0.1) is 0 Å². The van der Waals surface area contributed by atoms with Crippen LogP contribution in [0.2, 0.25) is 0 Å². The van der Waals surface area contributed by atoms with Crippen LogP contribution in [-0.2, 0) is 14.3 Å². The number of esters is 1. The molecule has 0 aliphatic heterocycles. The first-order valence-corrected chi connectivity index (χ1v) is 4.27. The van der Waals surface area contributed by atoms with Crippen molar-refractivity contribution in [3.63, 3.8) is 0 Å². The molecule has 0 fully saturated rings. The largest absolute Gasteiger partial charge is 0.463 e. The van der Waals surface area contributed by atoms with Gasteiger partial charge in [-0.2, -0.15) is 0 Å². The highest BCUT2D eigenvalue weighted by Gasteiger charge is 2.18. The van der Waals surface area contributed by atoms with E-state index < -0.39 is 11.4 Å². The lowest BCUT2D eigenvalue weighted by molar-refractivity contribution is -0.137. The molecule has 0 saturated carbocycles. The molecule has 0 saturated heterocycles. The summed E-state index contributed by atoms with van der Waals surface area (Å²) in [5.74, 6) is -0.555. The maximum Gasteiger partial charge on any atom is 0.330 e. The van der Waals surface area contributed by atoms with Crippen molar-refractivity contribution in [3.05, 3.63) is 12.2 Å². The minimum absolute atomic E-state index is 0.0828. The molecule has 0 rings (SSSR count). The predicted octanol–water partition coefficient (Wildman–Crippen LogP) is 1.72. The maximum atomic E-state index is 11.3. The Morgan fingerprint density at radius 3 is 2.15 bits per heavy atom. The van der Waals surface area contributed by atoms with E-state index in [0.29, 0.717) is 6.61 Å². The monoisotopic (exact) mass is 184 g/mol. The number of allylic oxidation sites excluding steroid dienone is 1. The fourth-order valence-electron chi connectivity index (χ4n) is 0.584. The highest BCUT2D eigenvalue weighted by molar-refractivity contribution is 5.98. The summed E-state index contributed by atoms with van der Waals surface area (Å²) in [5, 5.41) is 0. The van der Waals surface area contributed by atoms with Gasteiger partial charge < -0.3 is 4.74 Å². The summed E-state index contributed by atoms with van der Waals surface area (Å²) >= 11 is 0. The first-order valence-electron chi connectivity index (χ1n) is 4.27. The summed E-state index contributed by atoms with van der Waals surface area (Å²) in [7, 11) is 0. The van der Waals surface area contributed by atoms with Gasteiger partial charge in [-0.1, -0.05) is 20.8 Å². The molecule has 0 spiro atoms. The second kappa shape index (κ2) is 4.80. The van der Waals surface area contributed by atoms with Gasteiger partial charge in [-0.3, -0.25) is 4.79 Å². The number of rotatable bonds is 3. The smallest absolute Gasteiger partial charge is 0.330 e. The molecular formula is C10H16O3. The number of carbonyl (C=O) groups excluding carboxylic acids is 2. The third-order valence-electron chi connectivity index (χ3n) is 1.40. The Hall–Kier alpha value is -1.12. The quantitative estimate of drug-likeness (QED) is 0.495. The molecule has 0 N–H and O–H groups in total. The summed E-state index contributed by atoms with van der Waals surface area (Å²) in [6.07, 6.45) is 2.43. The Labute approximate surface area is 78.8 Å². The van der Waals surface area contributed by atoms with Crippen LogP contribution in [0.4, 0.5) is 0 Å². The molecule has 0 aromatic carbocycles. The molecule has 74 valence electrons. The van der Waals surface area contributed by atoms with Crippen molar-refractivity contribution in [3.8, 4) is 0 Å². The van der Waals surface area contributed by atoms with Gasteiger partial charge in [0.1, 0.15) is 0 Å². The molecule has 13 heavy (non-hydrogen) atoms. The van der Waals surface area contributed by atoms with Crippen molar-refractivity contribution in [2.24, 2.45) is 5.41 Å². The van der Waals surface area contributed by atoms with Gasteiger partial charge >= 0.3 is 5.97 Å². The van der Waals surface area contributed by atoms with Crippen LogP contribution in [0, 0.1) is 5.41 Å². The highest BCUT2D eigenvalue weighted by atomic mass is 16.5. The minimum atomic E-state index is -0.472. The molecule has 0 bridgehead atoms. The molecule has 3 nitrogen and oxygen atoms in total. The van der Waals surface area contributed by atoms with Crippen LogP contribution in [0.1, 0.15) is 27.7 Å². The maximum absolute atomic E-state index is 11.3. The van der Waals surface area contributed by atoms with Crippen LogP contribution in [0.3, 0.4) is 0 Å². The van der Waals surface area contributed by atoms with Gasteiger partial charge in [0, 0.05) is 11.5 Å². The molecule has 0 amide bonds. The van der Waals surface area contributed by atoms with E-state index in [1.54, 1.807) is 27.7 Å². The van der Waals surface area contributed by atoms with Crippen molar-refractivity contribution in [1.82, 2.24) is 0 Å². The molecule has 0 heterocycles. The third-order valence-corrected chi connectivity index (χ3v) is 1.40. The topological polar surface area (TPSA) is 43.4 Å². The predicted molar refractivity (Wildman–Crippen MR) is 50.2 cm³/mol. The van der Waals surface area contributed by atoms with Crippen LogP contribution >= 0.6 is 0 Å². The average Bonchev–Trinajstić information content (AvgIpc) is 1.99. The van der Waals surface area contributed by atoms with Gasteiger partial charge in [0.25, 0.3) is 0 Å². The van der Waals surface area contributed by atoms with Gasteiger partial charge in [0.15, 0.2) is 5.78 Å². The number of ketones is 1. The van der Waals surface area contributed by atoms with Crippen molar-refractivity contribution >= 4 is 11.8 Å². The number of hydrogen-bond acceptors (Lipinski definition) is 3. The lowest BCUT2D eigenvalue weighted by atomic mass is 9.91. The van der Waals surface area contributed by atoms with Crippen molar-refractivity contribution in [2.75, 3.05) is 6.61 Å². The number of ether oxygens (including phenoxy) is 1. The van der Waals surface area contributed by atoms with E-state index >= 15 is 0 Å². The summed E-state index contributed by atoms with van der Waals surface area (Å²) < 4.78 is 4.63. The Bertz CT molecular complexity index is 221. The Balaban J connectivity index is 4.13. The molecule has 3 heteroatoms. The summed E-state index contributed by atoms with van der Waals surface area (Å²) in [5.41, 5.74) is -0.441. The Kier molecular flexibility index (Phi) is 4.38. The Morgan fingerprint density at radius 1 is 1.23 bits per heavy atom. The number of carbonyl (C=O) groups is 2. The third kappa shape index (κ3) is 5.17. The lowest BCUT2D eigenvalue weighted by Crippen LogP contribution is -2.17. The normalized spacial score (nSPS) is 11.7. The van der Waals surface area contributed by atoms with Crippen molar-refractivity contribution in [1.29, 1.82) is 0 Å². The fraction of sp³-hybridized carbons (Fsp3) is 0.600. The van der Waals surface area contributed by atoms with E-state index in [-0.39, 0.29) is 5.78 Å². The summed E-state index contributed by atoms with van der Waals surface area (Å²) in [4.78, 5) is 22.1. The summed E-state index contributed by atoms with van der Waals surface area (Å²) in [6, 6.07) is 0. The van der Waals surface area contributed by atoms with Crippen LogP contribution in [0.25, 0.3) is 0 Å². The van der Waals surface area contributed by atoms with E-state index in [1.807, 2.05) is 0 Å². The van der Waals surface area contributed by atoms with Crippen LogP contribution < -0.4 is 0 Å². The van der Waals surface area contributed by atoms with Crippen LogP contribution in [-0.4, -0.2) is 18.4 Å². The van der Waals surface area contributed by atoms with E-state index in [4.69, 9.17) is 0 Å². The van der Waals surface area contributed by atoms with E-state index in [1.165, 1.54) is 6.08 Å². The lowest BCUT2D eigenvalue weighted by Gasteiger charge is -2.12. The van der Waals surface area contributed by atoms with E-state index in [9.17, 15) is 9.59 Å². The first-order chi connectivity index (χ1) is 5.88. The van der Waals surface area contributed by atoms with Gasteiger partial charge in [0.05, 0.1) is 6.61 Å². The molecule has 0 atom stereocenters. The molecule has 0 radical (unpaired) electrons. The highest BCUT2D eigenvalue weighted by Crippen LogP contribution is 2.14. The molecule has 0 aromatic heterocycles. The fourth-order valence-corrected chi connectivity index (χ4v) is 0.584. The van der Waals surface area contributed by atoms with Gasteiger partial charge in [-0.05, 0) is 13.0 Å².